The summed E-state index contributed by atoms with van der Waals surface area (Å²) in [5, 5.41) is 12.6. The molecule has 0 spiro atoms. The predicted octanol–water partition coefficient (Wildman–Crippen LogP) is -0.100. The molecule has 0 bridgehead atoms. The van der Waals surface area contributed by atoms with E-state index in [9.17, 15) is 9.90 Å². The van der Waals surface area contributed by atoms with E-state index in [4.69, 9.17) is 0 Å². The van der Waals surface area contributed by atoms with E-state index in [0.717, 1.165) is 38.9 Å². The zero-order valence-corrected chi connectivity index (χ0v) is 12.1. The van der Waals surface area contributed by atoms with Gasteiger partial charge in [0.1, 0.15) is 0 Å². The fourth-order valence-electron chi connectivity index (χ4n) is 3.23. The summed E-state index contributed by atoms with van der Waals surface area (Å²) in [6.07, 6.45) is 3.10. The number of hydrogen-bond donors (Lipinski definition) is 2. The third-order valence-electron chi connectivity index (χ3n) is 4.55. The molecule has 5 nitrogen and oxygen atoms in total. The minimum absolute atomic E-state index is 0.0498. The largest absolute Gasteiger partial charge is 0.395 e. The molecule has 1 amide bonds. The number of piperidine rings is 1. The van der Waals surface area contributed by atoms with Gasteiger partial charge in [-0.15, -0.1) is 0 Å². The number of aliphatic hydroxyl groups is 1. The summed E-state index contributed by atoms with van der Waals surface area (Å²) in [5.74, 6) is 0.591. The molecule has 2 heterocycles. The summed E-state index contributed by atoms with van der Waals surface area (Å²) in [7, 11) is 2.12. The Hall–Kier alpha value is -0.650. The van der Waals surface area contributed by atoms with Gasteiger partial charge in [0.2, 0.25) is 5.91 Å². The molecule has 19 heavy (non-hydrogen) atoms. The normalized spacial score (nSPS) is 29.6. The SMILES string of the molecule is CC1CCNC1C(=O)N(CCO)C1CCN(C)CC1. The van der Waals surface area contributed by atoms with E-state index < -0.39 is 0 Å². The number of nitrogens with one attached hydrogen (secondary N) is 1. The van der Waals surface area contributed by atoms with Gasteiger partial charge in [0, 0.05) is 12.6 Å². The first-order chi connectivity index (χ1) is 9.13. The number of nitrogens with zero attached hydrogens (tertiary/aromatic N) is 2. The first kappa shape index (κ1) is 14.8. The Morgan fingerprint density at radius 3 is 2.58 bits per heavy atom. The molecular formula is C14H27N3O2. The van der Waals surface area contributed by atoms with Crippen molar-refractivity contribution < 1.29 is 9.90 Å². The fraction of sp³-hybridized carbons (Fsp3) is 0.929. The molecule has 2 rings (SSSR count). The Bertz CT molecular complexity index is 303. The first-order valence-electron chi connectivity index (χ1n) is 7.46. The van der Waals surface area contributed by atoms with Crippen molar-refractivity contribution in [1.82, 2.24) is 15.1 Å². The third kappa shape index (κ3) is 3.46. The van der Waals surface area contributed by atoms with Gasteiger partial charge < -0.3 is 20.2 Å². The number of carbonyl (C=O) groups excluding carboxylic acids is 1. The molecule has 2 aliphatic heterocycles. The Balaban J connectivity index is 2.00. The molecule has 5 heteroatoms. The average molecular weight is 269 g/mol. The van der Waals surface area contributed by atoms with Crippen LogP contribution >= 0.6 is 0 Å². The number of hydrogen-bond acceptors (Lipinski definition) is 4. The van der Waals surface area contributed by atoms with Crippen LogP contribution in [0.4, 0.5) is 0 Å². The Morgan fingerprint density at radius 1 is 1.37 bits per heavy atom. The van der Waals surface area contributed by atoms with Crippen LogP contribution in [0.3, 0.4) is 0 Å². The van der Waals surface area contributed by atoms with Crippen LogP contribution in [0.15, 0.2) is 0 Å². The van der Waals surface area contributed by atoms with Gasteiger partial charge in [-0.25, -0.2) is 0 Å². The van der Waals surface area contributed by atoms with Crippen LogP contribution in [0.1, 0.15) is 26.2 Å². The Labute approximate surface area is 115 Å². The minimum atomic E-state index is -0.0498. The number of likely N-dealkylation sites (tertiary alicyclic amines) is 1. The molecule has 0 radical (unpaired) electrons. The maximum absolute atomic E-state index is 12.7. The van der Waals surface area contributed by atoms with E-state index in [1.165, 1.54) is 0 Å². The van der Waals surface area contributed by atoms with Crippen LogP contribution in [0.2, 0.25) is 0 Å². The molecule has 0 aliphatic carbocycles. The van der Waals surface area contributed by atoms with Crippen LogP contribution in [0.5, 0.6) is 0 Å². The number of amides is 1. The zero-order valence-electron chi connectivity index (χ0n) is 12.1. The van der Waals surface area contributed by atoms with Crippen molar-refractivity contribution >= 4 is 5.91 Å². The van der Waals surface area contributed by atoms with Gasteiger partial charge in [-0.2, -0.15) is 0 Å². The molecule has 2 aliphatic rings. The molecule has 0 aromatic heterocycles. The Kier molecular flexibility index (Phi) is 5.19. The summed E-state index contributed by atoms with van der Waals surface area (Å²) in [6.45, 7) is 5.66. The van der Waals surface area contributed by atoms with E-state index in [2.05, 4.69) is 24.2 Å². The van der Waals surface area contributed by atoms with Crippen molar-refractivity contribution in [3.05, 3.63) is 0 Å². The zero-order chi connectivity index (χ0) is 13.8. The Morgan fingerprint density at radius 2 is 2.05 bits per heavy atom. The average Bonchev–Trinajstić information content (AvgIpc) is 2.83. The first-order valence-corrected chi connectivity index (χ1v) is 7.46. The van der Waals surface area contributed by atoms with Crippen molar-refractivity contribution in [2.45, 2.75) is 38.3 Å². The maximum atomic E-state index is 12.7. The van der Waals surface area contributed by atoms with Gasteiger partial charge in [-0.05, 0) is 51.9 Å². The quantitative estimate of drug-likeness (QED) is 0.748. The highest BCUT2D eigenvalue weighted by Gasteiger charge is 2.35. The molecule has 2 unspecified atom stereocenters. The lowest BCUT2D eigenvalue weighted by molar-refractivity contribution is -0.137. The molecular weight excluding hydrogens is 242 g/mol. The molecule has 0 aromatic rings. The second-order valence-corrected chi connectivity index (χ2v) is 5.99. The monoisotopic (exact) mass is 269 g/mol. The molecule has 2 fully saturated rings. The van der Waals surface area contributed by atoms with E-state index in [1.54, 1.807) is 0 Å². The van der Waals surface area contributed by atoms with Crippen LogP contribution in [-0.2, 0) is 4.79 Å². The number of carbonyl (C=O) groups is 1. The van der Waals surface area contributed by atoms with Crippen LogP contribution in [0.25, 0.3) is 0 Å². The fourth-order valence-corrected chi connectivity index (χ4v) is 3.23. The molecule has 2 atom stereocenters. The topological polar surface area (TPSA) is 55.8 Å². The van der Waals surface area contributed by atoms with Gasteiger partial charge in [0.25, 0.3) is 0 Å². The predicted molar refractivity (Wildman–Crippen MR) is 74.9 cm³/mol. The number of rotatable bonds is 4. The van der Waals surface area contributed by atoms with Gasteiger partial charge in [-0.3, -0.25) is 4.79 Å². The highest BCUT2D eigenvalue weighted by molar-refractivity contribution is 5.83. The lowest BCUT2D eigenvalue weighted by Crippen LogP contribution is -2.53. The molecule has 0 aromatic carbocycles. The minimum Gasteiger partial charge on any atom is -0.395 e. The van der Waals surface area contributed by atoms with Crippen LogP contribution in [0, 0.1) is 5.92 Å². The van der Waals surface area contributed by atoms with E-state index >= 15 is 0 Å². The second-order valence-electron chi connectivity index (χ2n) is 5.99. The van der Waals surface area contributed by atoms with Crippen molar-refractivity contribution in [2.75, 3.05) is 39.8 Å². The molecule has 2 saturated heterocycles. The van der Waals surface area contributed by atoms with Crippen LogP contribution < -0.4 is 5.32 Å². The molecule has 110 valence electrons. The van der Waals surface area contributed by atoms with Gasteiger partial charge >= 0.3 is 0 Å². The summed E-state index contributed by atoms with van der Waals surface area (Å²) >= 11 is 0. The van der Waals surface area contributed by atoms with Crippen LogP contribution in [-0.4, -0.2) is 72.7 Å². The summed E-state index contributed by atoms with van der Waals surface area (Å²) in [5.41, 5.74) is 0. The van der Waals surface area contributed by atoms with E-state index in [-0.39, 0.29) is 18.6 Å². The lowest BCUT2D eigenvalue weighted by Gasteiger charge is -2.38. The molecule has 2 N–H and O–H groups in total. The summed E-state index contributed by atoms with van der Waals surface area (Å²) < 4.78 is 0. The van der Waals surface area contributed by atoms with Crippen molar-refractivity contribution in [1.29, 1.82) is 0 Å². The van der Waals surface area contributed by atoms with Gasteiger partial charge in [-0.1, -0.05) is 6.92 Å². The van der Waals surface area contributed by atoms with Crippen molar-refractivity contribution in [3.63, 3.8) is 0 Å². The third-order valence-corrected chi connectivity index (χ3v) is 4.55. The smallest absolute Gasteiger partial charge is 0.240 e. The summed E-state index contributed by atoms with van der Waals surface area (Å²) in [4.78, 5) is 16.9. The highest BCUT2D eigenvalue weighted by Crippen LogP contribution is 2.21. The maximum Gasteiger partial charge on any atom is 0.240 e. The number of aliphatic hydroxyl groups excluding tert-OH is 1. The lowest BCUT2D eigenvalue weighted by atomic mass is 9.98. The second kappa shape index (κ2) is 6.68. The van der Waals surface area contributed by atoms with E-state index in [1.807, 2.05) is 4.90 Å². The van der Waals surface area contributed by atoms with Gasteiger partial charge in [0.15, 0.2) is 0 Å². The van der Waals surface area contributed by atoms with Gasteiger partial charge in [0.05, 0.1) is 12.6 Å². The van der Waals surface area contributed by atoms with Crippen molar-refractivity contribution in [3.8, 4) is 0 Å². The molecule has 0 saturated carbocycles. The van der Waals surface area contributed by atoms with E-state index in [0.29, 0.717) is 18.5 Å². The highest BCUT2D eigenvalue weighted by atomic mass is 16.3. The standard InChI is InChI=1S/C14H27N3O2/c1-11-3-6-15-13(11)14(19)17(9-10-18)12-4-7-16(2)8-5-12/h11-13,15,18H,3-10H2,1-2H3. The van der Waals surface area contributed by atoms with Crippen molar-refractivity contribution in [2.24, 2.45) is 5.92 Å². The summed E-state index contributed by atoms with van der Waals surface area (Å²) in [6, 6.07) is 0.247.